The monoisotopic (exact) mass is 444 g/mol. The van der Waals surface area contributed by atoms with E-state index in [0.717, 1.165) is 56.3 Å². The summed E-state index contributed by atoms with van der Waals surface area (Å²) in [7, 11) is 1.69. The first-order valence-electron chi connectivity index (χ1n) is 9.32. The van der Waals surface area contributed by atoms with Gasteiger partial charge in [-0.15, -0.1) is 0 Å². The van der Waals surface area contributed by atoms with Crippen molar-refractivity contribution >= 4 is 15.9 Å². The first-order valence-corrected chi connectivity index (χ1v) is 10.1. The quantitative estimate of drug-likeness (QED) is 0.600. The maximum Gasteiger partial charge on any atom is 0.231 e. The molecule has 0 amide bonds. The molecule has 0 radical (unpaired) electrons. The number of rotatable bonds is 3. The van der Waals surface area contributed by atoms with Gasteiger partial charge in [0.25, 0.3) is 0 Å². The Hall–Kier alpha value is -2.34. The van der Waals surface area contributed by atoms with Gasteiger partial charge in [0.1, 0.15) is 27.8 Å². The molecule has 0 aliphatic carbocycles. The number of allylic oxidation sites excluding steroid dienone is 2. The molecular formula is C22H21BrO5. The highest BCUT2D eigenvalue weighted by Gasteiger charge is 2.43. The van der Waals surface area contributed by atoms with Crippen LogP contribution in [0.15, 0.2) is 34.3 Å². The van der Waals surface area contributed by atoms with Gasteiger partial charge in [-0.2, -0.15) is 0 Å². The summed E-state index contributed by atoms with van der Waals surface area (Å²) in [5.74, 6) is 4.08. The molecule has 3 aliphatic heterocycles. The van der Waals surface area contributed by atoms with E-state index in [4.69, 9.17) is 23.7 Å². The number of halogens is 1. The van der Waals surface area contributed by atoms with Gasteiger partial charge in [0.05, 0.1) is 19.6 Å². The summed E-state index contributed by atoms with van der Waals surface area (Å²) >= 11 is 3.69. The first kappa shape index (κ1) is 17.7. The molecule has 2 unspecified atom stereocenters. The molecule has 0 bridgehead atoms. The zero-order valence-electron chi connectivity index (χ0n) is 16.0. The highest BCUT2D eigenvalue weighted by Crippen LogP contribution is 2.56. The van der Waals surface area contributed by atoms with E-state index in [2.05, 4.69) is 41.9 Å². The Kier molecular flexibility index (Phi) is 4.19. The summed E-state index contributed by atoms with van der Waals surface area (Å²) in [6, 6.07) is 6.11. The zero-order valence-corrected chi connectivity index (χ0v) is 17.6. The first-order chi connectivity index (χ1) is 13.6. The maximum atomic E-state index is 6.38. The van der Waals surface area contributed by atoms with Crippen molar-refractivity contribution in [1.29, 1.82) is 0 Å². The van der Waals surface area contributed by atoms with Crippen LogP contribution in [-0.2, 0) is 6.42 Å². The maximum absolute atomic E-state index is 6.38. The van der Waals surface area contributed by atoms with E-state index in [1.54, 1.807) is 7.11 Å². The lowest BCUT2D eigenvalue weighted by molar-refractivity contribution is 0.137. The van der Waals surface area contributed by atoms with Crippen LogP contribution in [0.1, 0.15) is 42.6 Å². The third-order valence-corrected chi connectivity index (χ3v) is 6.17. The summed E-state index contributed by atoms with van der Waals surface area (Å²) in [6.45, 7) is 4.99. The molecule has 0 aromatic heterocycles. The Balaban J connectivity index is 1.58. The molecule has 0 fully saturated rings. The van der Waals surface area contributed by atoms with Gasteiger partial charge >= 0.3 is 0 Å². The van der Waals surface area contributed by atoms with Crippen molar-refractivity contribution in [3.8, 4) is 28.7 Å². The van der Waals surface area contributed by atoms with E-state index in [0.29, 0.717) is 6.61 Å². The predicted molar refractivity (Wildman–Crippen MR) is 108 cm³/mol. The minimum atomic E-state index is -0.103. The summed E-state index contributed by atoms with van der Waals surface area (Å²) in [6.07, 6.45) is 2.88. The van der Waals surface area contributed by atoms with E-state index in [1.807, 2.05) is 12.1 Å². The zero-order chi connectivity index (χ0) is 19.4. The van der Waals surface area contributed by atoms with E-state index in [1.165, 1.54) is 5.57 Å². The number of hydrogen-bond donors (Lipinski definition) is 0. The minimum Gasteiger partial charge on any atom is -0.495 e. The molecule has 2 aromatic rings. The standard InChI is InChI=1S/C22H21BrO5/c1-11(2)4-5-12-6-14-21-15(9-25-22(14)19(23)20(12)24-3)13-7-17-18(27-10-26-17)8-16(13)28-21/h4,6-8,15,21H,5,9-10H2,1-3H3. The number of benzene rings is 2. The van der Waals surface area contributed by atoms with Gasteiger partial charge in [-0.1, -0.05) is 11.6 Å². The van der Waals surface area contributed by atoms with Gasteiger partial charge in [-0.3, -0.25) is 0 Å². The second kappa shape index (κ2) is 6.62. The molecule has 0 saturated heterocycles. The molecule has 6 heteroatoms. The molecule has 146 valence electrons. The number of fused-ring (bicyclic) bond motifs is 6. The lowest BCUT2D eigenvalue weighted by atomic mass is 9.88. The van der Waals surface area contributed by atoms with Crippen LogP contribution in [0.4, 0.5) is 0 Å². The smallest absolute Gasteiger partial charge is 0.231 e. The lowest BCUT2D eigenvalue weighted by Gasteiger charge is -2.30. The van der Waals surface area contributed by atoms with Crippen LogP contribution in [0.3, 0.4) is 0 Å². The highest BCUT2D eigenvalue weighted by atomic mass is 79.9. The Morgan fingerprint density at radius 3 is 2.64 bits per heavy atom. The summed E-state index contributed by atoms with van der Waals surface area (Å²) < 4.78 is 30.1. The van der Waals surface area contributed by atoms with E-state index < -0.39 is 0 Å². The minimum absolute atomic E-state index is 0.103. The summed E-state index contributed by atoms with van der Waals surface area (Å²) in [5.41, 5.74) is 4.52. The van der Waals surface area contributed by atoms with Crippen LogP contribution in [0.5, 0.6) is 28.7 Å². The van der Waals surface area contributed by atoms with Gasteiger partial charge in [-0.05, 0) is 53.9 Å². The molecule has 28 heavy (non-hydrogen) atoms. The molecule has 0 saturated carbocycles. The van der Waals surface area contributed by atoms with E-state index in [9.17, 15) is 0 Å². The van der Waals surface area contributed by atoms with Crippen molar-refractivity contribution in [3.05, 3.63) is 51.0 Å². The average Bonchev–Trinajstić information content (AvgIpc) is 3.28. The lowest BCUT2D eigenvalue weighted by Crippen LogP contribution is -2.24. The number of methoxy groups -OCH3 is 1. The van der Waals surface area contributed by atoms with Crippen molar-refractivity contribution < 1.29 is 23.7 Å². The van der Waals surface area contributed by atoms with Gasteiger partial charge < -0.3 is 23.7 Å². The molecule has 5 nitrogen and oxygen atoms in total. The Morgan fingerprint density at radius 1 is 1.11 bits per heavy atom. The SMILES string of the molecule is COc1c(CC=C(C)C)cc2c(c1Br)OCC1c3cc4c(cc3OC21)OCO4. The molecule has 3 heterocycles. The third-order valence-electron chi connectivity index (χ3n) is 5.45. The number of hydrogen-bond acceptors (Lipinski definition) is 5. The van der Waals surface area contributed by atoms with E-state index in [-0.39, 0.29) is 18.8 Å². The van der Waals surface area contributed by atoms with Crippen LogP contribution in [0.2, 0.25) is 0 Å². The van der Waals surface area contributed by atoms with Gasteiger partial charge in [0, 0.05) is 17.2 Å². The van der Waals surface area contributed by atoms with Crippen molar-refractivity contribution in [1.82, 2.24) is 0 Å². The fraction of sp³-hybridized carbons (Fsp3) is 0.364. The third kappa shape index (κ3) is 2.65. The molecule has 0 N–H and O–H groups in total. The number of ether oxygens (including phenoxy) is 5. The Bertz CT molecular complexity index is 993. The van der Waals surface area contributed by atoms with Crippen LogP contribution in [0.25, 0.3) is 0 Å². The van der Waals surface area contributed by atoms with Gasteiger partial charge in [0.15, 0.2) is 11.5 Å². The van der Waals surface area contributed by atoms with Crippen molar-refractivity contribution in [2.45, 2.75) is 32.3 Å². The average molecular weight is 445 g/mol. The van der Waals surface area contributed by atoms with E-state index >= 15 is 0 Å². The van der Waals surface area contributed by atoms with Crippen molar-refractivity contribution in [3.63, 3.8) is 0 Å². The molecule has 0 spiro atoms. The van der Waals surface area contributed by atoms with Gasteiger partial charge in [-0.25, -0.2) is 0 Å². The largest absolute Gasteiger partial charge is 0.495 e. The summed E-state index contributed by atoms with van der Waals surface area (Å²) in [4.78, 5) is 0. The second-order valence-electron chi connectivity index (χ2n) is 7.49. The van der Waals surface area contributed by atoms with Crippen LogP contribution in [0, 0.1) is 0 Å². The fourth-order valence-electron chi connectivity index (χ4n) is 4.08. The topological polar surface area (TPSA) is 46.2 Å². The predicted octanol–water partition coefficient (Wildman–Crippen LogP) is 5.30. The Morgan fingerprint density at radius 2 is 1.89 bits per heavy atom. The second-order valence-corrected chi connectivity index (χ2v) is 8.28. The molecule has 2 atom stereocenters. The fourth-order valence-corrected chi connectivity index (χ4v) is 4.84. The van der Waals surface area contributed by atoms with Crippen LogP contribution < -0.4 is 23.7 Å². The van der Waals surface area contributed by atoms with Gasteiger partial charge in [0.2, 0.25) is 6.79 Å². The van der Waals surface area contributed by atoms with Crippen molar-refractivity contribution in [2.24, 2.45) is 0 Å². The molecule has 2 aromatic carbocycles. The molecular weight excluding hydrogens is 424 g/mol. The van der Waals surface area contributed by atoms with Crippen LogP contribution in [-0.4, -0.2) is 20.5 Å². The molecule has 5 rings (SSSR count). The Labute approximate surface area is 172 Å². The van der Waals surface area contributed by atoms with Crippen molar-refractivity contribution in [2.75, 3.05) is 20.5 Å². The normalized spacial score (nSPS) is 20.4. The van der Waals surface area contributed by atoms with Crippen LogP contribution >= 0.6 is 15.9 Å². The molecule has 3 aliphatic rings. The summed E-state index contributed by atoms with van der Waals surface area (Å²) in [5, 5.41) is 0. The highest BCUT2D eigenvalue weighted by molar-refractivity contribution is 9.10.